The Labute approximate surface area is 145 Å². The van der Waals surface area contributed by atoms with Gasteiger partial charge < -0.3 is 0 Å². The second kappa shape index (κ2) is 3.91. The average Bonchev–Trinajstić information content (AvgIpc) is 3.14. The van der Waals surface area contributed by atoms with E-state index in [2.05, 4.69) is 33.8 Å². The van der Waals surface area contributed by atoms with Crippen LogP contribution in [0.4, 0.5) is 0 Å². The highest BCUT2D eigenvalue weighted by atomic mass is 16.1. The molecule has 0 aromatic heterocycles. The Hall–Kier alpha value is -0.920. The topological polar surface area (TPSA) is 34.1 Å². The summed E-state index contributed by atoms with van der Waals surface area (Å²) in [4.78, 5) is 25.2. The Bertz CT molecular complexity index is 703. The van der Waals surface area contributed by atoms with Crippen LogP contribution in [0.2, 0.25) is 0 Å². The van der Waals surface area contributed by atoms with Crippen molar-refractivity contribution >= 4 is 11.6 Å². The monoisotopic (exact) mass is 326 g/mol. The van der Waals surface area contributed by atoms with Gasteiger partial charge in [0.15, 0.2) is 5.78 Å². The van der Waals surface area contributed by atoms with E-state index in [1.165, 1.54) is 19.3 Å². The van der Waals surface area contributed by atoms with Crippen molar-refractivity contribution in [3.63, 3.8) is 0 Å². The highest BCUT2D eigenvalue weighted by molar-refractivity contribution is 5.96. The number of rotatable bonds is 0. The number of fused-ring (bicyclic) bond motifs is 2. The first-order valence-corrected chi connectivity index (χ1v) is 9.91. The molecule has 0 amide bonds. The van der Waals surface area contributed by atoms with Crippen LogP contribution in [0.15, 0.2) is 12.2 Å². The molecule has 24 heavy (non-hydrogen) atoms. The molecule has 0 aromatic rings. The zero-order valence-electron chi connectivity index (χ0n) is 15.6. The van der Waals surface area contributed by atoms with Crippen LogP contribution in [0.25, 0.3) is 0 Å². The average molecular weight is 326 g/mol. The Balaban J connectivity index is 1.62. The molecular weight excluding hydrogens is 296 g/mol. The van der Waals surface area contributed by atoms with Crippen LogP contribution in [0.3, 0.4) is 0 Å². The molecule has 4 fully saturated rings. The lowest BCUT2D eigenvalue weighted by atomic mass is 9.44. The fourth-order valence-electron chi connectivity index (χ4n) is 8.34. The van der Waals surface area contributed by atoms with Crippen LogP contribution in [0.5, 0.6) is 0 Å². The number of ketones is 2. The molecule has 0 unspecified atom stereocenters. The fraction of sp³-hybridized carbons (Fsp3) is 0.818. The summed E-state index contributed by atoms with van der Waals surface area (Å²) in [7, 11) is 0. The number of carbonyl (C=O) groups is 2. The van der Waals surface area contributed by atoms with Gasteiger partial charge in [0.25, 0.3) is 0 Å². The molecule has 2 nitrogen and oxygen atoms in total. The second-order valence-corrected chi connectivity index (χ2v) is 10.6. The highest BCUT2D eigenvalue weighted by Crippen LogP contribution is 2.87. The van der Waals surface area contributed by atoms with Crippen molar-refractivity contribution in [1.29, 1.82) is 0 Å². The molecule has 2 heteroatoms. The van der Waals surface area contributed by atoms with Gasteiger partial charge in [-0.3, -0.25) is 9.59 Å². The van der Waals surface area contributed by atoms with Crippen molar-refractivity contribution in [2.75, 3.05) is 0 Å². The number of allylic oxidation sites excluding steroid dienone is 2. The number of carbonyl (C=O) groups excluding carboxylic acids is 2. The van der Waals surface area contributed by atoms with Crippen LogP contribution in [0, 0.1) is 38.9 Å². The van der Waals surface area contributed by atoms with E-state index < -0.39 is 0 Å². The third-order valence-electron chi connectivity index (χ3n) is 10.1. The van der Waals surface area contributed by atoms with Crippen molar-refractivity contribution in [1.82, 2.24) is 0 Å². The summed E-state index contributed by atoms with van der Waals surface area (Å²) < 4.78 is 0. The summed E-state index contributed by atoms with van der Waals surface area (Å²) in [6, 6.07) is 0. The smallest absolute Gasteiger partial charge is 0.161 e. The summed E-state index contributed by atoms with van der Waals surface area (Å²) in [6.45, 7) is 9.04. The van der Waals surface area contributed by atoms with E-state index >= 15 is 0 Å². The Morgan fingerprint density at radius 1 is 0.958 bits per heavy atom. The van der Waals surface area contributed by atoms with Gasteiger partial charge in [0, 0.05) is 17.3 Å². The van der Waals surface area contributed by atoms with Crippen LogP contribution >= 0.6 is 0 Å². The Kier molecular flexibility index (Phi) is 2.50. The molecule has 0 radical (unpaired) electrons. The van der Waals surface area contributed by atoms with Crippen molar-refractivity contribution in [2.24, 2.45) is 38.9 Å². The van der Waals surface area contributed by atoms with Gasteiger partial charge in [-0.25, -0.2) is 0 Å². The molecule has 2 spiro atoms. The van der Waals surface area contributed by atoms with Gasteiger partial charge in [0.1, 0.15) is 5.78 Å². The van der Waals surface area contributed by atoms with Crippen LogP contribution in [-0.4, -0.2) is 11.6 Å². The fourth-order valence-corrected chi connectivity index (χ4v) is 8.34. The van der Waals surface area contributed by atoms with E-state index in [9.17, 15) is 9.59 Å². The molecule has 130 valence electrons. The summed E-state index contributed by atoms with van der Waals surface area (Å²) in [5.74, 6) is 2.01. The van der Waals surface area contributed by atoms with Gasteiger partial charge in [-0.15, -0.1) is 0 Å². The molecule has 5 aliphatic rings. The number of hydrogen-bond acceptors (Lipinski definition) is 2. The Morgan fingerprint density at radius 2 is 1.67 bits per heavy atom. The predicted molar refractivity (Wildman–Crippen MR) is 93.3 cm³/mol. The number of Topliss-reactive ketones (excluding diaryl/α,β-unsaturated/α-hetero) is 1. The zero-order chi connectivity index (χ0) is 17.2. The van der Waals surface area contributed by atoms with Crippen LogP contribution < -0.4 is 0 Å². The minimum Gasteiger partial charge on any atom is -0.299 e. The van der Waals surface area contributed by atoms with Gasteiger partial charge >= 0.3 is 0 Å². The normalized spacial score (nSPS) is 57.0. The minimum atomic E-state index is -0.212. The van der Waals surface area contributed by atoms with E-state index in [-0.39, 0.29) is 21.7 Å². The molecule has 0 bridgehead atoms. The first kappa shape index (κ1) is 15.3. The van der Waals surface area contributed by atoms with Crippen LogP contribution in [-0.2, 0) is 9.59 Å². The summed E-state index contributed by atoms with van der Waals surface area (Å²) >= 11 is 0. The lowest BCUT2D eigenvalue weighted by molar-refractivity contribution is -0.147. The van der Waals surface area contributed by atoms with E-state index in [0.717, 1.165) is 25.7 Å². The molecule has 0 aromatic carbocycles. The van der Waals surface area contributed by atoms with E-state index in [0.29, 0.717) is 28.8 Å². The third-order valence-corrected chi connectivity index (χ3v) is 10.1. The molecule has 4 saturated carbocycles. The minimum absolute atomic E-state index is 0.0940. The van der Waals surface area contributed by atoms with Gasteiger partial charge in [-0.05, 0) is 72.7 Å². The molecule has 0 aliphatic heterocycles. The largest absolute Gasteiger partial charge is 0.299 e. The molecular formula is C22H30O2. The molecule has 0 N–H and O–H groups in total. The molecule has 6 atom stereocenters. The van der Waals surface area contributed by atoms with Crippen molar-refractivity contribution in [3.8, 4) is 0 Å². The number of hydrogen-bond donors (Lipinski definition) is 0. The van der Waals surface area contributed by atoms with E-state index in [4.69, 9.17) is 0 Å². The maximum atomic E-state index is 12.7. The quantitative estimate of drug-likeness (QED) is 0.645. The maximum absolute atomic E-state index is 12.7. The summed E-state index contributed by atoms with van der Waals surface area (Å²) in [5, 5.41) is 0. The summed E-state index contributed by atoms with van der Waals surface area (Å²) in [6.07, 6.45) is 12.0. The summed E-state index contributed by atoms with van der Waals surface area (Å²) in [5.41, 5.74) is 0.502. The maximum Gasteiger partial charge on any atom is 0.161 e. The van der Waals surface area contributed by atoms with Gasteiger partial charge in [0.2, 0.25) is 0 Å². The molecule has 0 saturated heterocycles. The predicted octanol–water partition coefficient (Wildman–Crippen LogP) is 4.72. The van der Waals surface area contributed by atoms with Crippen LogP contribution in [0.1, 0.15) is 72.6 Å². The zero-order valence-corrected chi connectivity index (χ0v) is 15.6. The molecule has 5 rings (SSSR count). The standard InChI is InChI=1S/C22H30O2/c1-18(2)14-5-6-15-19(3)9-7-17(24)20(19,4)11-12-22(15)13-21(14,22)10-8-16(18)23/h8,10,14-15H,5-7,9,11-13H2,1-4H3/t14-,15+,19-,20+,21+,22-/m0/s1. The first-order valence-electron chi connectivity index (χ1n) is 9.91. The molecule has 0 heterocycles. The Morgan fingerprint density at radius 3 is 2.42 bits per heavy atom. The van der Waals surface area contributed by atoms with Gasteiger partial charge in [-0.2, -0.15) is 0 Å². The lowest BCUT2D eigenvalue weighted by Crippen LogP contribution is -2.56. The highest BCUT2D eigenvalue weighted by Gasteiger charge is 2.81. The second-order valence-electron chi connectivity index (χ2n) is 10.6. The van der Waals surface area contributed by atoms with E-state index in [1.807, 2.05) is 6.08 Å². The van der Waals surface area contributed by atoms with Crippen molar-refractivity contribution in [2.45, 2.75) is 72.6 Å². The first-order chi connectivity index (χ1) is 11.1. The SMILES string of the molecule is CC1(C)C(=O)C=C[C@]23C[C@]24CC[C@]2(C)C(=O)CC[C@@]2(C)[C@H]4CC[C@@H]13. The van der Waals surface area contributed by atoms with Crippen molar-refractivity contribution in [3.05, 3.63) is 12.2 Å². The lowest BCUT2D eigenvalue weighted by Gasteiger charge is -2.59. The third kappa shape index (κ3) is 1.29. The van der Waals surface area contributed by atoms with Gasteiger partial charge in [-0.1, -0.05) is 33.8 Å². The van der Waals surface area contributed by atoms with Crippen molar-refractivity contribution < 1.29 is 9.59 Å². The van der Waals surface area contributed by atoms with E-state index in [1.54, 1.807) is 0 Å². The molecule has 5 aliphatic carbocycles. The van der Waals surface area contributed by atoms with Gasteiger partial charge in [0.05, 0.1) is 0 Å².